The maximum Gasteiger partial charge on any atom is 0.335 e. The van der Waals surface area contributed by atoms with Gasteiger partial charge in [0.05, 0.1) is 20.1 Å². The number of halogens is 2. The van der Waals surface area contributed by atoms with Gasteiger partial charge in [-0.15, -0.1) is 11.3 Å². The van der Waals surface area contributed by atoms with Crippen molar-refractivity contribution in [3.05, 3.63) is 38.6 Å². The van der Waals surface area contributed by atoms with E-state index in [4.69, 9.17) is 16.7 Å². The molecule has 0 fully saturated rings. The summed E-state index contributed by atoms with van der Waals surface area (Å²) >= 11 is 9.81. The van der Waals surface area contributed by atoms with Crippen LogP contribution >= 0.6 is 38.9 Å². The molecule has 0 aliphatic rings. The Hall–Kier alpha value is -1.29. The van der Waals surface area contributed by atoms with Gasteiger partial charge in [0.25, 0.3) is 10.0 Å². The normalized spacial score (nSPS) is 11.3. The zero-order chi connectivity index (χ0) is 15.8. The van der Waals surface area contributed by atoms with Crippen LogP contribution in [0.25, 0.3) is 0 Å². The van der Waals surface area contributed by atoms with Gasteiger partial charge in [-0.2, -0.15) is 0 Å². The van der Waals surface area contributed by atoms with Crippen LogP contribution in [0.2, 0.25) is 5.02 Å². The van der Waals surface area contributed by atoms with Crippen molar-refractivity contribution >= 4 is 60.5 Å². The van der Waals surface area contributed by atoms with Gasteiger partial charge in [0, 0.05) is 0 Å². The quantitative estimate of drug-likeness (QED) is 0.668. The molecule has 6 nitrogen and oxygen atoms in total. The van der Waals surface area contributed by atoms with Gasteiger partial charge in [0.1, 0.15) is 9.96 Å². The summed E-state index contributed by atoms with van der Waals surface area (Å²) in [7, 11) is -3.92. The highest BCUT2D eigenvalue weighted by molar-refractivity contribution is 9.11. The van der Waals surface area contributed by atoms with Gasteiger partial charge in [0.15, 0.2) is 0 Å². The predicted molar refractivity (Wildman–Crippen MR) is 82.9 cm³/mol. The Balaban J connectivity index is 2.35. The number of anilines is 1. The zero-order valence-corrected chi connectivity index (χ0v) is 14.0. The van der Waals surface area contributed by atoms with E-state index in [-0.39, 0.29) is 20.5 Å². The number of hydrogen-bond acceptors (Lipinski definition) is 5. The second kappa shape index (κ2) is 5.84. The average Bonchev–Trinajstić information content (AvgIpc) is 2.72. The number of hydrogen-bond donors (Lipinski definition) is 3. The van der Waals surface area contributed by atoms with Crippen molar-refractivity contribution in [1.29, 1.82) is 0 Å². The van der Waals surface area contributed by atoms with Crippen LogP contribution < -0.4 is 4.72 Å². The van der Waals surface area contributed by atoms with Gasteiger partial charge in [-0.1, -0.05) is 11.6 Å². The summed E-state index contributed by atoms with van der Waals surface area (Å²) in [6.07, 6.45) is 0. The van der Waals surface area contributed by atoms with Crippen LogP contribution in [0.5, 0.6) is 5.75 Å². The molecule has 1 aromatic carbocycles. The van der Waals surface area contributed by atoms with E-state index in [0.717, 1.165) is 17.4 Å². The van der Waals surface area contributed by atoms with Crippen LogP contribution in [-0.2, 0) is 10.0 Å². The predicted octanol–water partition coefficient (Wildman–Crippen LogP) is 3.37. The Kier molecular flexibility index (Phi) is 4.47. The first-order valence-corrected chi connectivity index (χ1v) is 8.72. The van der Waals surface area contributed by atoms with E-state index in [1.54, 1.807) is 0 Å². The Morgan fingerprint density at radius 1 is 1.33 bits per heavy atom. The van der Waals surface area contributed by atoms with Crippen molar-refractivity contribution in [3.63, 3.8) is 0 Å². The second-order valence-corrected chi connectivity index (χ2v) is 8.52. The number of aromatic hydroxyl groups is 1. The first-order chi connectivity index (χ1) is 9.70. The first-order valence-electron chi connectivity index (χ1n) is 5.24. The zero-order valence-electron chi connectivity index (χ0n) is 10.0. The van der Waals surface area contributed by atoms with Crippen molar-refractivity contribution in [2.24, 2.45) is 0 Å². The molecule has 10 heteroatoms. The molecule has 0 bridgehead atoms. The van der Waals surface area contributed by atoms with Crippen LogP contribution in [0, 0.1) is 0 Å². The highest BCUT2D eigenvalue weighted by atomic mass is 79.9. The number of benzene rings is 1. The molecule has 0 aliphatic heterocycles. The number of carboxylic acid groups (broad SMARTS) is 1. The van der Waals surface area contributed by atoms with E-state index < -0.39 is 21.7 Å². The summed E-state index contributed by atoms with van der Waals surface area (Å²) in [5.41, 5.74) is -0.280. The van der Waals surface area contributed by atoms with E-state index >= 15 is 0 Å². The number of sulfonamides is 1. The van der Waals surface area contributed by atoms with E-state index in [0.29, 0.717) is 3.79 Å². The number of thiophene rings is 1. The third kappa shape index (κ3) is 3.49. The fourth-order valence-electron chi connectivity index (χ4n) is 1.41. The maximum atomic E-state index is 12.1. The number of phenols is 1. The summed E-state index contributed by atoms with van der Waals surface area (Å²) in [6, 6.07) is 4.57. The molecule has 0 saturated heterocycles. The molecular weight excluding hydrogens is 406 g/mol. The second-order valence-electron chi connectivity index (χ2n) is 3.83. The topological polar surface area (TPSA) is 104 Å². The smallest absolute Gasteiger partial charge is 0.335 e. The van der Waals surface area contributed by atoms with Crippen LogP contribution in [0.1, 0.15) is 10.4 Å². The molecule has 0 saturated carbocycles. The van der Waals surface area contributed by atoms with Crippen LogP contribution in [0.3, 0.4) is 0 Å². The first kappa shape index (κ1) is 16.1. The van der Waals surface area contributed by atoms with Gasteiger partial charge >= 0.3 is 5.97 Å². The number of carbonyl (C=O) groups is 1. The monoisotopic (exact) mass is 411 g/mol. The number of nitrogens with one attached hydrogen (secondary N) is 1. The standard InChI is InChI=1S/C11H7BrClNO5S2/c12-10-6(13)4-9(20-10)21(18,19)14-7-2-1-5(11(16)17)3-8(7)15/h1-4,14-15H,(H,16,17). The minimum atomic E-state index is -3.92. The van der Waals surface area contributed by atoms with Gasteiger partial charge in [-0.3, -0.25) is 4.72 Å². The Bertz CT molecular complexity index is 799. The van der Waals surface area contributed by atoms with Crippen LogP contribution in [0.15, 0.2) is 32.3 Å². The van der Waals surface area contributed by atoms with E-state index in [1.807, 2.05) is 0 Å². The number of carboxylic acids is 1. The minimum Gasteiger partial charge on any atom is -0.506 e. The third-order valence-corrected chi connectivity index (χ3v) is 6.69. The van der Waals surface area contributed by atoms with E-state index in [9.17, 15) is 18.3 Å². The summed E-state index contributed by atoms with van der Waals surface area (Å²) < 4.78 is 26.9. The molecular formula is C11H7BrClNO5S2. The molecule has 0 unspecified atom stereocenters. The highest BCUT2D eigenvalue weighted by Crippen LogP contribution is 2.36. The summed E-state index contributed by atoms with van der Waals surface area (Å²) in [6.45, 7) is 0. The molecule has 0 radical (unpaired) electrons. The van der Waals surface area contributed by atoms with Crippen molar-refractivity contribution in [3.8, 4) is 5.75 Å². The lowest BCUT2D eigenvalue weighted by atomic mass is 10.2. The minimum absolute atomic E-state index is 0.0407. The molecule has 112 valence electrons. The Morgan fingerprint density at radius 2 is 2.00 bits per heavy atom. The molecule has 0 amide bonds. The Labute approximate surface area is 137 Å². The molecule has 0 spiro atoms. The fourth-order valence-corrected chi connectivity index (χ4v) is 4.88. The lowest BCUT2D eigenvalue weighted by Gasteiger charge is -2.08. The molecule has 3 N–H and O–H groups in total. The summed E-state index contributed by atoms with van der Waals surface area (Å²) in [5.74, 6) is -1.71. The summed E-state index contributed by atoms with van der Waals surface area (Å²) in [4.78, 5) is 10.7. The molecule has 1 aromatic heterocycles. The van der Waals surface area contributed by atoms with E-state index in [2.05, 4.69) is 20.7 Å². The molecule has 2 aromatic rings. The summed E-state index contributed by atoms with van der Waals surface area (Å²) in [5, 5.41) is 18.7. The molecule has 0 atom stereocenters. The lowest BCUT2D eigenvalue weighted by molar-refractivity contribution is 0.0696. The largest absolute Gasteiger partial charge is 0.506 e. The van der Waals surface area contributed by atoms with Crippen molar-refractivity contribution in [2.75, 3.05) is 4.72 Å². The Morgan fingerprint density at radius 3 is 2.48 bits per heavy atom. The maximum absolute atomic E-state index is 12.1. The van der Waals surface area contributed by atoms with E-state index in [1.165, 1.54) is 18.2 Å². The van der Waals surface area contributed by atoms with Gasteiger partial charge in [0.2, 0.25) is 0 Å². The molecule has 0 aliphatic carbocycles. The molecule has 1 heterocycles. The highest BCUT2D eigenvalue weighted by Gasteiger charge is 2.21. The van der Waals surface area contributed by atoms with Crippen LogP contribution in [0.4, 0.5) is 5.69 Å². The van der Waals surface area contributed by atoms with Crippen LogP contribution in [-0.4, -0.2) is 24.6 Å². The molecule has 2 rings (SSSR count). The van der Waals surface area contributed by atoms with Gasteiger partial charge in [-0.25, -0.2) is 13.2 Å². The number of phenolic OH excluding ortho intramolecular Hbond substituents is 1. The van der Waals surface area contributed by atoms with Gasteiger partial charge < -0.3 is 10.2 Å². The average molecular weight is 413 g/mol. The van der Waals surface area contributed by atoms with Crippen molar-refractivity contribution in [1.82, 2.24) is 0 Å². The lowest BCUT2D eigenvalue weighted by Crippen LogP contribution is -2.11. The number of rotatable bonds is 4. The SMILES string of the molecule is O=C(O)c1ccc(NS(=O)(=O)c2cc(Cl)c(Br)s2)c(O)c1. The number of aromatic carboxylic acids is 1. The molecule has 21 heavy (non-hydrogen) atoms. The fraction of sp³-hybridized carbons (Fsp3) is 0. The third-order valence-electron chi connectivity index (χ3n) is 2.38. The van der Waals surface area contributed by atoms with Crippen molar-refractivity contribution < 1.29 is 23.4 Å². The van der Waals surface area contributed by atoms with Gasteiger partial charge in [-0.05, 0) is 40.2 Å². The van der Waals surface area contributed by atoms with Crippen molar-refractivity contribution in [2.45, 2.75) is 4.21 Å².